The van der Waals surface area contributed by atoms with E-state index in [4.69, 9.17) is 5.73 Å². The molecule has 1 unspecified atom stereocenters. The lowest BCUT2D eigenvalue weighted by Gasteiger charge is -2.29. The van der Waals surface area contributed by atoms with Crippen molar-refractivity contribution in [1.29, 1.82) is 0 Å². The number of nitrogens with two attached hydrogens (primary N) is 1. The van der Waals surface area contributed by atoms with Gasteiger partial charge >= 0.3 is 6.18 Å². The topological polar surface area (TPSA) is 46.3 Å². The fourth-order valence-corrected chi connectivity index (χ4v) is 2.66. The van der Waals surface area contributed by atoms with Crippen LogP contribution in [-0.4, -0.2) is 29.9 Å². The minimum absolute atomic E-state index is 0.0257. The van der Waals surface area contributed by atoms with Crippen molar-refractivity contribution < 1.29 is 18.0 Å². The summed E-state index contributed by atoms with van der Waals surface area (Å²) in [6, 6.07) is 4.35. The molecule has 1 aliphatic rings. The Balaban J connectivity index is 2.18. The van der Waals surface area contributed by atoms with Crippen LogP contribution in [0.5, 0.6) is 0 Å². The third-order valence-corrected chi connectivity index (χ3v) is 3.87. The maximum atomic E-state index is 12.5. The minimum Gasteiger partial charge on any atom is -0.334 e. The molecule has 0 aliphatic carbocycles. The van der Waals surface area contributed by atoms with Crippen molar-refractivity contribution in [3.05, 3.63) is 35.4 Å². The first-order chi connectivity index (χ1) is 9.93. The van der Waals surface area contributed by atoms with Gasteiger partial charge in [0.2, 0.25) is 0 Å². The smallest absolute Gasteiger partial charge is 0.334 e. The van der Waals surface area contributed by atoms with Gasteiger partial charge < -0.3 is 10.6 Å². The Morgan fingerprint density at radius 1 is 1.19 bits per heavy atom. The summed E-state index contributed by atoms with van der Waals surface area (Å²) in [7, 11) is 0. The molecule has 1 saturated heterocycles. The molecule has 21 heavy (non-hydrogen) atoms. The maximum absolute atomic E-state index is 12.5. The highest BCUT2D eigenvalue weighted by atomic mass is 19.4. The summed E-state index contributed by atoms with van der Waals surface area (Å²) in [6.45, 7) is 0.994. The SMILES string of the molecule is NCC1CCCCCN1C(=O)c1ccc(C(F)(F)F)cc1. The zero-order valence-corrected chi connectivity index (χ0v) is 11.7. The highest BCUT2D eigenvalue weighted by Crippen LogP contribution is 2.29. The predicted octanol–water partition coefficient (Wildman–Crippen LogP) is 3.05. The Bertz CT molecular complexity index is 485. The molecule has 0 saturated carbocycles. The van der Waals surface area contributed by atoms with Gasteiger partial charge in [-0.25, -0.2) is 0 Å². The van der Waals surface area contributed by atoms with E-state index >= 15 is 0 Å². The molecule has 6 heteroatoms. The van der Waals surface area contributed by atoms with E-state index in [0.29, 0.717) is 13.1 Å². The summed E-state index contributed by atoms with van der Waals surface area (Å²) in [6.07, 6.45) is -0.554. The molecule has 1 atom stereocenters. The molecule has 0 aromatic heterocycles. The van der Waals surface area contributed by atoms with Gasteiger partial charge in [-0.3, -0.25) is 4.79 Å². The number of likely N-dealkylation sites (tertiary alicyclic amines) is 1. The maximum Gasteiger partial charge on any atom is 0.416 e. The number of benzene rings is 1. The number of nitrogens with zero attached hydrogens (tertiary/aromatic N) is 1. The van der Waals surface area contributed by atoms with Gasteiger partial charge in [0.1, 0.15) is 0 Å². The average Bonchev–Trinajstić information content (AvgIpc) is 2.70. The Labute approximate surface area is 121 Å². The lowest BCUT2D eigenvalue weighted by Crippen LogP contribution is -2.44. The zero-order chi connectivity index (χ0) is 15.5. The van der Waals surface area contributed by atoms with E-state index in [9.17, 15) is 18.0 Å². The number of alkyl halides is 3. The molecular formula is C15H19F3N2O. The van der Waals surface area contributed by atoms with Crippen LogP contribution in [0, 0.1) is 0 Å². The molecule has 1 heterocycles. The predicted molar refractivity (Wildman–Crippen MR) is 73.8 cm³/mol. The number of hydrogen-bond acceptors (Lipinski definition) is 2. The lowest BCUT2D eigenvalue weighted by molar-refractivity contribution is -0.137. The second-order valence-electron chi connectivity index (χ2n) is 5.31. The monoisotopic (exact) mass is 300 g/mol. The van der Waals surface area contributed by atoms with Gasteiger partial charge in [-0.2, -0.15) is 13.2 Å². The van der Waals surface area contributed by atoms with Crippen LogP contribution in [0.3, 0.4) is 0 Å². The van der Waals surface area contributed by atoms with Crippen LogP contribution in [-0.2, 0) is 6.18 Å². The summed E-state index contributed by atoms with van der Waals surface area (Å²) in [4.78, 5) is 14.2. The van der Waals surface area contributed by atoms with E-state index in [2.05, 4.69) is 0 Å². The molecule has 1 aromatic carbocycles. The van der Waals surface area contributed by atoms with Gasteiger partial charge in [-0.1, -0.05) is 12.8 Å². The van der Waals surface area contributed by atoms with Crippen LogP contribution in [0.4, 0.5) is 13.2 Å². The van der Waals surface area contributed by atoms with Gasteiger partial charge in [-0.15, -0.1) is 0 Å². The highest BCUT2D eigenvalue weighted by Gasteiger charge is 2.31. The fourth-order valence-electron chi connectivity index (χ4n) is 2.66. The molecule has 2 N–H and O–H groups in total. The Hall–Kier alpha value is -1.56. The zero-order valence-electron chi connectivity index (χ0n) is 11.7. The van der Waals surface area contributed by atoms with Crippen molar-refractivity contribution in [2.24, 2.45) is 5.73 Å². The van der Waals surface area contributed by atoms with Crippen LogP contribution in [0.2, 0.25) is 0 Å². The number of rotatable bonds is 2. The molecule has 1 aromatic rings. The van der Waals surface area contributed by atoms with Crippen molar-refractivity contribution in [3.63, 3.8) is 0 Å². The quantitative estimate of drug-likeness (QED) is 0.912. The highest BCUT2D eigenvalue weighted by molar-refractivity contribution is 5.94. The third-order valence-electron chi connectivity index (χ3n) is 3.87. The van der Waals surface area contributed by atoms with Crippen molar-refractivity contribution in [1.82, 2.24) is 4.90 Å². The number of amides is 1. The third kappa shape index (κ3) is 3.75. The van der Waals surface area contributed by atoms with Crippen LogP contribution in [0.25, 0.3) is 0 Å². The number of hydrogen-bond donors (Lipinski definition) is 1. The van der Waals surface area contributed by atoms with Gasteiger partial charge in [0.25, 0.3) is 5.91 Å². The minimum atomic E-state index is -4.38. The lowest BCUT2D eigenvalue weighted by atomic mass is 10.1. The standard InChI is InChI=1S/C15H19F3N2O/c16-15(17,18)12-7-5-11(6-8-12)14(21)20-9-3-1-2-4-13(20)10-19/h5-8,13H,1-4,9-10,19H2. The average molecular weight is 300 g/mol. The Morgan fingerprint density at radius 2 is 1.86 bits per heavy atom. The van der Waals surface area contributed by atoms with Gasteiger partial charge in [0.15, 0.2) is 0 Å². The van der Waals surface area contributed by atoms with E-state index < -0.39 is 11.7 Å². The molecule has 3 nitrogen and oxygen atoms in total. The van der Waals surface area contributed by atoms with Crippen molar-refractivity contribution in [3.8, 4) is 0 Å². The molecular weight excluding hydrogens is 281 g/mol. The largest absolute Gasteiger partial charge is 0.416 e. The van der Waals surface area contributed by atoms with Gasteiger partial charge in [-0.05, 0) is 37.1 Å². The van der Waals surface area contributed by atoms with E-state index in [-0.39, 0.29) is 17.5 Å². The summed E-state index contributed by atoms with van der Waals surface area (Å²) < 4.78 is 37.6. The first-order valence-electron chi connectivity index (χ1n) is 7.12. The second-order valence-corrected chi connectivity index (χ2v) is 5.31. The molecule has 2 rings (SSSR count). The Morgan fingerprint density at radius 3 is 2.43 bits per heavy atom. The Kier molecular flexibility index (Phi) is 4.88. The van der Waals surface area contributed by atoms with Crippen LogP contribution in [0.15, 0.2) is 24.3 Å². The summed E-state index contributed by atoms with van der Waals surface area (Å²) >= 11 is 0. The molecule has 1 fully saturated rings. The van der Waals surface area contributed by atoms with Crippen molar-refractivity contribution >= 4 is 5.91 Å². The van der Waals surface area contributed by atoms with Crippen molar-refractivity contribution in [2.45, 2.75) is 37.9 Å². The molecule has 0 radical (unpaired) electrons. The van der Waals surface area contributed by atoms with Crippen LogP contribution >= 0.6 is 0 Å². The number of carbonyl (C=O) groups is 1. The summed E-state index contributed by atoms with van der Waals surface area (Å²) in [5.41, 5.74) is 5.25. The van der Waals surface area contributed by atoms with E-state index in [0.717, 1.165) is 37.8 Å². The summed E-state index contributed by atoms with van der Waals surface area (Å²) in [5, 5.41) is 0. The first kappa shape index (κ1) is 15.8. The number of halogens is 3. The second kappa shape index (κ2) is 6.47. The van der Waals surface area contributed by atoms with E-state index in [1.165, 1.54) is 12.1 Å². The van der Waals surface area contributed by atoms with Crippen molar-refractivity contribution in [2.75, 3.05) is 13.1 Å². The summed E-state index contributed by atoms with van der Waals surface area (Å²) in [5.74, 6) is -0.235. The van der Waals surface area contributed by atoms with E-state index in [1.54, 1.807) is 4.90 Å². The number of carbonyl (C=O) groups excluding carboxylic acids is 1. The van der Waals surface area contributed by atoms with E-state index in [1.807, 2.05) is 0 Å². The molecule has 116 valence electrons. The van der Waals surface area contributed by atoms with Gasteiger partial charge in [0, 0.05) is 24.7 Å². The molecule has 1 amide bonds. The normalized spacial score (nSPS) is 20.2. The first-order valence-corrected chi connectivity index (χ1v) is 7.12. The fraction of sp³-hybridized carbons (Fsp3) is 0.533. The van der Waals surface area contributed by atoms with Crippen LogP contribution in [0.1, 0.15) is 41.6 Å². The molecule has 0 bridgehead atoms. The van der Waals surface area contributed by atoms with Crippen LogP contribution < -0.4 is 5.73 Å². The molecule has 1 aliphatic heterocycles. The van der Waals surface area contributed by atoms with Gasteiger partial charge in [0.05, 0.1) is 5.56 Å². The molecule has 0 spiro atoms.